The van der Waals surface area contributed by atoms with Crippen molar-refractivity contribution in [3.05, 3.63) is 47.1 Å². The van der Waals surface area contributed by atoms with Crippen LogP contribution in [0.5, 0.6) is 5.75 Å². The summed E-state index contributed by atoms with van der Waals surface area (Å²) in [4.78, 5) is 6.46. The van der Waals surface area contributed by atoms with E-state index in [9.17, 15) is 5.11 Å². The molecule has 1 aromatic carbocycles. The van der Waals surface area contributed by atoms with Crippen LogP contribution in [-0.4, -0.2) is 60.5 Å². The molecular weight excluding hydrogens is 434 g/mol. The topological polar surface area (TPSA) is 72.6 Å². The van der Waals surface area contributed by atoms with Crippen molar-refractivity contribution < 1.29 is 5.11 Å². The van der Waals surface area contributed by atoms with Crippen LogP contribution < -0.4 is 5.32 Å². The lowest BCUT2D eigenvalue weighted by molar-refractivity contribution is 0.246. The van der Waals surface area contributed by atoms with E-state index in [1.54, 1.807) is 19.3 Å². The second kappa shape index (κ2) is 14.0. The van der Waals surface area contributed by atoms with Gasteiger partial charge in [0.2, 0.25) is 0 Å². The lowest BCUT2D eigenvalue weighted by Crippen LogP contribution is -2.54. The van der Waals surface area contributed by atoms with E-state index in [4.69, 9.17) is 0 Å². The molecule has 6 nitrogen and oxygen atoms in total. The number of aromatic hydroxyl groups is 1. The Hall–Kier alpha value is -2.73. The van der Waals surface area contributed by atoms with Crippen LogP contribution in [0.1, 0.15) is 72.4 Å². The molecule has 0 spiro atoms. The minimum Gasteiger partial charge on any atom is -0.507 e. The fourth-order valence-corrected chi connectivity index (χ4v) is 4.00. The molecule has 1 fully saturated rings. The Kier molecular flexibility index (Phi) is 11.4. The third-order valence-electron chi connectivity index (χ3n) is 6.01. The molecule has 2 aliphatic heterocycles. The van der Waals surface area contributed by atoms with Gasteiger partial charge < -0.3 is 15.3 Å². The largest absolute Gasteiger partial charge is 0.507 e. The van der Waals surface area contributed by atoms with E-state index in [1.807, 2.05) is 25.1 Å². The molecule has 0 aromatic heterocycles. The Morgan fingerprint density at radius 3 is 2.51 bits per heavy atom. The molecule has 35 heavy (non-hydrogen) atoms. The summed E-state index contributed by atoms with van der Waals surface area (Å²) in [6, 6.07) is 6.14. The van der Waals surface area contributed by atoms with E-state index in [0.29, 0.717) is 23.2 Å². The minimum atomic E-state index is 0.201. The fraction of sp³-hybridized carbons (Fsp3) is 0.552. The molecule has 1 saturated heterocycles. The van der Waals surface area contributed by atoms with E-state index in [0.717, 1.165) is 55.4 Å². The van der Waals surface area contributed by atoms with Crippen LogP contribution in [0.2, 0.25) is 0 Å². The summed E-state index contributed by atoms with van der Waals surface area (Å²) in [6.07, 6.45) is 7.57. The molecule has 192 valence electrons. The van der Waals surface area contributed by atoms with E-state index >= 15 is 0 Å². The second-order valence-corrected chi connectivity index (χ2v) is 10.2. The number of phenolic OH excluding ortho intramolecular Hbond substituents is 1. The molecule has 2 N–H and O–H groups in total. The summed E-state index contributed by atoms with van der Waals surface area (Å²) < 4.78 is 0. The normalized spacial score (nSPS) is 19.3. The van der Waals surface area contributed by atoms with Gasteiger partial charge >= 0.3 is 0 Å². The number of hydrogen-bond acceptors (Lipinski definition) is 6. The number of nitrogens with zero attached hydrogens (tertiary/aromatic N) is 4. The predicted molar refractivity (Wildman–Crippen MR) is 152 cm³/mol. The number of rotatable bonds is 5. The second-order valence-electron chi connectivity index (χ2n) is 10.2. The highest BCUT2D eigenvalue weighted by Crippen LogP contribution is 2.26. The van der Waals surface area contributed by atoms with Gasteiger partial charge in [-0.15, -0.1) is 10.2 Å². The minimum absolute atomic E-state index is 0.201. The molecule has 1 unspecified atom stereocenters. The van der Waals surface area contributed by atoms with Gasteiger partial charge in [-0.25, -0.2) is 0 Å². The van der Waals surface area contributed by atoms with Crippen molar-refractivity contribution >= 4 is 23.3 Å². The molecule has 0 bridgehead atoms. The first-order chi connectivity index (χ1) is 16.7. The van der Waals surface area contributed by atoms with Crippen LogP contribution in [-0.2, 0) is 0 Å². The quantitative estimate of drug-likeness (QED) is 0.514. The predicted octanol–water partition coefficient (Wildman–Crippen LogP) is 5.93. The number of hydrogen-bond donors (Lipinski definition) is 2. The molecule has 1 atom stereocenters. The monoisotopic (exact) mass is 479 g/mol. The molecule has 0 amide bonds. The van der Waals surface area contributed by atoms with Gasteiger partial charge in [-0.1, -0.05) is 59.3 Å². The van der Waals surface area contributed by atoms with Crippen LogP contribution in [0.4, 0.5) is 0 Å². The highest BCUT2D eigenvalue weighted by atomic mass is 16.3. The summed E-state index contributed by atoms with van der Waals surface area (Å²) in [5, 5.41) is 23.6. The number of piperazine rings is 1. The molecule has 2 aliphatic rings. The lowest BCUT2D eigenvalue weighted by Gasteiger charge is -2.37. The molecule has 0 saturated carbocycles. The van der Waals surface area contributed by atoms with Crippen molar-refractivity contribution in [2.75, 3.05) is 26.7 Å². The van der Waals surface area contributed by atoms with Crippen LogP contribution in [0.25, 0.3) is 5.57 Å². The smallest absolute Gasteiger partial charge is 0.131 e. The van der Waals surface area contributed by atoms with Crippen LogP contribution in [0, 0.1) is 11.8 Å². The van der Waals surface area contributed by atoms with Gasteiger partial charge in [0.25, 0.3) is 0 Å². The first-order valence-corrected chi connectivity index (χ1v) is 12.9. The van der Waals surface area contributed by atoms with Crippen molar-refractivity contribution in [3.63, 3.8) is 0 Å². The van der Waals surface area contributed by atoms with E-state index in [1.165, 1.54) is 5.57 Å². The third-order valence-corrected chi connectivity index (χ3v) is 6.01. The van der Waals surface area contributed by atoms with Gasteiger partial charge in [-0.3, -0.25) is 4.99 Å². The zero-order valence-electron chi connectivity index (χ0n) is 23.0. The SMILES string of the molecule is C/C=C(\C=NC)c1ccc(C2=NN=C(N3CCNC(C(C)C)C3)CC(CC)=C2)c(O)c1.CC(C)C. The maximum Gasteiger partial charge on any atom is 0.131 e. The van der Waals surface area contributed by atoms with Crippen molar-refractivity contribution in [2.24, 2.45) is 27.0 Å². The number of benzene rings is 1. The number of allylic oxidation sites excluding steroid dienone is 3. The van der Waals surface area contributed by atoms with Gasteiger partial charge in [0, 0.05) is 50.9 Å². The fourth-order valence-electron chi connectivity index (χ4n) is 4.00. The number of amidine groups is 1. The Bertz CT molecular complexity index is 982. The molecule has 1 aromatic rings. The zero-order valence-corrected chi connectivity index (χ0v) is 23.0. The Morgan fingerprint density at radius 1 is 1.23 bits per heavy atom. The van der Waals surface area contributed by atoms with Gasteiger partial charge in [0.05, 0.1) is 5.71 Å². The standard InChI is InChI=1S/C25H35N5O.C4H10/c1-6-18-12-22(21-9-8-20(14-24(21)31)19(7-2)15-26-5)28-29-25(13-18)30-11-10-27-23(16-30)17(3)4;1-4(2)3/h7-9,12,14-15,17,23,27,31H,6,10-11,13,16H2,1-5H3;4H,1-3H3/b19-7+,26-15?;. The summed E-state index contributed by atoms with van der Waals surface area (Å²) >= 11 is 0. The van der Waals surface area contributed by atoms with Gasteiger partial charge in [-0.2, -0.15) is 0 Å². The first-order valence-electron chi connectivity index (χ1n) is 12.9. The van der Waals surface area contributed by atoms with Crippen molar-refractivity contribution in [1.82, 2.24) is 10.2 Å². The van der Waals surface area contributed by atoms with Gasteiger partial charge in [0.15, 0.2) is 0 Å². The lowest BCUT2D eigenvalue weighted by atomic mass is 9.98. The Morgan fingerprint density at radius 2 is 1.94 bits per heavy atom. The number of aliphatic imine (C=N–C) groups is 1. The van der Waals surface area contributed by atoms with E-state index in [-0.39, 0.29) is 5.75 Å². The molecule has 0 radical (unpaired) electrons. The van der Waals surface area contributed by atoms with Crippen LogP contribution >= 0.6 is 0 Å². The van der Waals surface area contributed by atoms with Crippen molar-refractivity contribution in [2.45, 2.75) is 67.3 Å². The molecule has 6 heteroatoms. The highest BCUT2D eigenvalue weighted by Gasteiger charge is 2.25. The molecular formula is C29H45N5O. The summed E-state index contributed by atoms with van der Waals surface area (Å²) in [5.74, 6) is 2.62. The highest BCUT2D eigenvalue weighted by molar-refractivity contribution is 6.13. The zero-order chi connectivity index (χ0) is 26.0. The Balaban J connectivity index is 0.00000100. The average molecular weight is 480 g/mol. The van der Waals surface area contributed by atoms with Gasteiger partial charge in [-0.05, 0) is 54.5 Å². The number of nitrogens with one attached hydrogen (secondary N) is 1. The third kappa shape index (κ3) is 8.46. The summed E-state index contributed by atoms with van der Waals surface area (Å²) in [7, 11) is 1.74. The Labute approximate surface area is 212 Å². The number of phenols is 1. The summed E-state index contributed by atoms with van der Waals surface area (Å²) in [6.45, 7) is 18.0. The maximum absolute atomic E-state index is 10.8. The van der Waals surface area contributed by atoms with Crippen molar-refractivity contribution in [1.29, 1.82) is 0 Å². The van der Waals surface area contributed by atoms with E-state index < -0.39 is 0 Å². The summed E-state index contributed by atoms with van der Waals surface area (Å²) in [5.41, 5.74) is 4.57. The van der Waals surface area contributed by atoms with E-state index in [2.05, 4.69) is 73.0 Å². The molecule has 0 aliphatic carbocycles. The van der Waals surface area contributed by atoms with Crippen LogP contribution in [0.15, 0.2) is 51.1 Å². The molecule has 3 rings (SSSR count). The van der Waals surface area contributed by atoms with Crippen molar-refractivity contribution in [3.8, 4) is 5.75 Å². The first kappa shape index (κ1) is 28.5. The maximum atomic E-state index is 10.8. The average Bonchev–Trinajstić information content (AvgIpc) is 3.05. The molecule has 2 heterocycles. The van der Waals surface area contributed by atoms with Gasteiger partial charge in [0.1, 0.15) is 11.6 Å². The van der Waals surface area contributed by atoms with Crippen LogP contribution in [0.3, 0.4) is 0 Å².